The van der Waals surface area contributed by atoms with Gasteiger partial charge in [0.2, 0.25) is 0 Å². The van der Waals surface area contributed by atoms with Gasteiger partial charge in [-0.05, 0) is 41.1 Å². The molecule has 0 amide bonds. The second-order valence-electron chi connectivity index (χ2n) is 4.04. The van der Waals surface area contributed by atoms with Crippen molar-refractivity contribution in [3.63, 3.8) is 0 Å². The Balaban J connectivity index is 2.44. The zero-order valence-electron chi connectivity index (χ0n) is 10.2. The molecule has 1 aromatic heterocycles. The maximum Gasteiger partial charge on any atom is 0.307 e. The molecule has 96 valence electrons. The molecule has 0 fully saturated rings. The van der Waals surface area contributed by atoms with Crippen LogP contribution in [0.2, 0.25) is 0 Å². The monoisotopic (exact) mass is 313 g/mol. The molecule has 2 aromatic rings. The molecule has 0 bridgehead atoms. The van der Waals surface area contributed by atoms with Crippen LogP contribution in [0, 0.1) is 12.7 Å². The van der Waals surface area contributed by atoms with E-state index in [2.05, 4.69) is 20.7 Å². The van der Waals surface area contributed by atoms with Crippen LogP contribution in [0.15, 0.2) is 22.7 Å². The highest BCUT2D eigenvalue weighted by Crippen LogP contribution is 2.31. The van der Waals surface area contributed by atoms with Crippen LogP contribution in [0.25, 0.3) is 10.9 Å². The lowest BCUT2D eigenvalue weighted by Crippen LogP contribution is -2.07. The molecule has 0 unspecified atom stereocenters. The quantitative estimate of drug-likeness (QED) is 0.813. The molecule has 1 aromatic carbocycles. The van der Waals surface area contributed by atoms with Gasteiger partial charge in [-0.1, -0.05) is 0 Å². The Bertz CT molecular complexity index is 607. The van der Waals surface area contributed by atoms with Crippen LogP contribution in [0.4, 0.5) is 4.39 Å². The Hall–Kier alpha value is -1.36. The smallest absolute Gasteiger partial charge is 0.307 e. The molecule has 0 N–H and O–H groups in total. The van der Waals surface area contributed by atoms with E-state index in [9.17, 15) is 9.18 Å². The van der Waals surface area contributed by atoms with Crippen molar-refractivity contribution in [1.82, 2.24) is 4.57 Å². The summed E-state index contributed by atoms with van der Waals surface area (Å²) in [6.45, 7) is 2.45. The number of nitrogens with zero attached hydrogens (tertiary/aromatic N) is 1. The molecule has 0 aliphatic rings. The Morgan fingerprint density at radius 2 is 2.22 bits per heavy atom. The van der Waals surface area contributed by atoms with E-state index in [4.69, 9.17) is 0 Å². The van der Waals surface area contributed by atoms with Gasteiger partial charge in [0.1, 0.15) is 5.82 Å². The maximum absolute atomic E-state index is 13.2. The number of methoxy groups -OCH3 is 1. The van der Waals surface area contributed by atoms with Crippen molar-refractivity contribution in [3.8, 4) is 0 Å². The lowest BCUT2D eigenvalue weighted by atomic mass is 10.2. The largest absolute Gasteiger partial charge is 0.469 e. The number of rotatable bonds is 3. The number of carbonyl (C=O) groups excluding carboxylic acids is 1. The molecular weight excluding hydrogens is 301 g/mol. The fourth-order valence-electron chi connectivity index (χ4n) is 2.01. The van der Waals surface area contributed by atoms with E-state index in [-0.39, 0.29) is 11.8 Å². The van der Waals surface area contributed by atoms with Crippen molar-refractivity contribution in [2.75, 3.05) is 7.11 Å². The van der Waals surface area contributed by atoms with Crippen molar-refractivity contribution in [3.05, 3.63) is 34.2 Å². The van der Waals surface area contributed by atoms with Crippen LogP contribution >= 0.6 is 15.9 Å². The summed E-state index contributed by atoms with van der Waals surface area (Å²) < 4.78 is 20.7. The highest BCUT2D eigenvalue weighted by molar-refractivity contribution is 9.10. The minimum atomic E-state index is -0.270. The van der Waals surface area contributed by atoms with Crippen molar-refractivity contribution in [1.29, 1.82) is 0 Å². The van der Waals surface area contributed by atoms with Crippen LogP contribution in [-0.4, -0.2) is 17.6 Å². The molecule has 0 atom stereocenters. The number of aryl methyl sites for hydroxylation is 1. The van der Waals surface area contributed by atoms with E-state index >= 15 is 0 Å². The van der Waals surface area contributed by atoms with Gasteiger partial charge in [-0.15, -0.1) is 0 Å². The van der Waals surface area contributed by atoms with Crippen LogP contribution < -0.4 is 0 Å². The Morgan fingerprint density at radius 1 is 1.50 bits per heavy atom. The van der Waals surface area contributed by atoms with Gasteiger partial charge in [0.25, 0.3) is 0 Å². The lowest BCUT2D eigenvalue weighted by molar-refractivity contribution is -0.140. The number of hydrogen-bond acceptors (Lipinski definition) is 2. The zero-order chi connectivity index (χ0) is 13.3. The molecule has 1 heterocycles. The average molecular weight is 314 g/mol. The number of hydrogen-bond donors (Lipinski definition) is 0. The van der Waals surface area contributed by atoms with Gasteiger partial charge in [-0.2, -0.15) is 0 Å². The predicted molar refractivity (Wildman–Crippen MR) is 71.0 cm³/mol. The standard InChI is InChI=1S/C13H13BrFNO2/c1-8-13(14)10-7-9(15)3-4-11(10)16(8)6-5-12(17)18-2/h3-4,7H,5-6H2,1-2H3. The SMILES string of the molecule is COC(=O)CCn1c(C)c(Br)c2cc(F)ccc21. The molecule has 0 saturated carbocycles. The van der Waals surface area contributed by atoms with Crippen molar-refractivity contribution < 1.29 is 13.9 Å². The third-order valence-electron chi connectivity index (χ3n) is 2.98. The minimum absolute atomic E-state index is 0.255. The van der Waals surface area contributed by atoms with Crippen LogP contribution in [0.1, 0.15) is 12.1 Å². The van der Waals surface area contributed by atoms with Gasteiger partial charge < -0.3 is 9.30 Å². The lowest BCUT2D eigenvalue weighted by Gasteiger charge is -2.07. The zero-order valence-corrected chi connectivity index (χ0v) is 11.8. The molecule has 0 radical (unpaired) electrons. The van der Waals surface area contributed by atoms with Gasteiger partial charge in [0.15, 0.2) is 0 Å². The summed E-state index contributed by atoms with van der Waals surface area (Å²) in [5.74, 6) is -0.525. The van der Waals surface area contributed by atoms with Gasteiger partial charge in [0, 0.05) is 27.6 Å². The van der Waals surface area contributed by atoms with Crippen molar-refractivity contribution >= 4 is 32.8 Å². The van der Waals surface area contributed by atoms with Crippen molar-refractivity contribution in [2.24, 2.45) is 0 Å². The van der Waals surface area contributed by atoms with Gasteiger partial charge in [0.05, 0.1) is 13.5 Å². The highest BCUT2D eigenvalue weighted by Gasteiger charge is 2.13. The summed E-state index contributed by atoms with van der Waals surface area (Å²) in [7, 11) is 1.37. The third-order valence-corrected chi connectivity index (χ3v) is 3.98. The third kappa shape index (κ3) is 2.27. The molecule has 3 nitrogen and oxygen atoms in total. The maximum atomic E-state index is 13.2. The first-order chi connectivity index (χ1) is 8.54. The second kappa shape index (κ2) is 5.10. The first kappa shape index (κ1) is 13.1. The summed E-state index contributed by atoms with van der Waals surface area (Å²) in [4.78, 5) is 11.2. The summed E-state index contributed by atoms with van der Waals surface area (Å²) >= 11 is 3.46. The Kier molecular flexibility index (Phi) is 3.71. The van der Waals surface area contributed by atoms with Crippen LogP contribution in [0.5, 0.6) is 0 Å². The summed E-state index contributed by atoms with van der Waals surface area (Å²) in [5, 5.41) is 0.817. The topological polar surface area (TPSA) is 31.2 Å². The van der Waals surface area contributed by atoms with E-state index in [0.717, 1.165) is 21.1 Å². The van der Waals surface area contributed by atoms with Gasteiger partial charge >= 0.3 is 5.97 Å². The van der Waals surface area contributed by atoms with E-state index in [1.807, 2.05) is 11.5 Å². The predicted octanol–water partition coefficient (Wildman–Crippen LogP) is 3.41. The second-order valence-corrected chi connectivity index (χ2v) is 4.83. The average Bonchev–Trinajstić information content (AvgIpc) is 2.60. The molecule has 0 aliphatic carbocycles. The van der Waals surface area contributed by atoms with E-state index < -0.39 is 0 Å². The van der Waals surface area contributed by atoms with Gasteiger partial charge in [-0.25, -0.2) is 4.39 Å². The van der Waals surface area contributed by atoms with Crippen LogP contribution in [-0.2, 0) is 16.1 Å². The first-order valence-electron chi connectivity index (χ1n) is 5.55. The molecule has 0 aliphatic heterocycles. The number of aromatic nitrogens is 1. The summed E-state index contributed by atoms with van der Waals surface area (Å²) in [6, 6.07) is 4.63. The number of carbonyl (C=O) groups is 1. The minimum Gasteiger partial charge on any atom is -0.469 e. The molecule has 2 rings (SSSR count). The number of ether oxygens (including phenoxy) is 1. The number of halogens is 2. The molecule has 5 heteroatoms. The molecule has 0 saturated heterocycles. The molecule has 0 spiro atoms. The summed E-state index contributed by atoms with van der Waals surface area (Å²) in [5.41, 5.74) is 1.88. The fraction of sp³-hybridized carbons (Fsp3) is 0.308. The van der Waals surface area contributed by atoms with E-state index in [1.54, 1.807) is 6.07 Å². The van der Waals surface area contributed by atoms with E-state index in [0.29, 0.717) is 13.0 Å². The first-order valence-corrected chi connectivity index (χ1v) is 6.34. The number of benzene rings is 1. The van der Waals surface area contributed by atoms with Crippen molar-refractivity contribution in [2.45, 2.75) is 19.9 Å². The Morgan fingerprint density at radius 3 is 2.89 bits per heavy atom. The highest BCUT2D eigenvalue weighted by atomic mass is 79.9. The molecule has 18 heavy (non-hydrogen) atoms. The Labute approximate surface area is 113 Å². The van der Waals surface area contributed by atoms with Crippen LogP contribution in [0.3, 0.4) is 0 Å². The van der Waals surface area contributed by atoms with Gasteiger partial charge in [-0.3, -0.25) is 4.79 Å². The van der Waals surface area contributed by atoms with E-state index in [1.165, 1.54) is 19.2 Å². The fourth-order valence-corrected chi connectivity index (χ4v) is 2.54. The number of fused-ring (bicyclic) bond motifs is 1. The summed E-state index contributed by atoms with van der Waals surface area (Å²) in [6.07, 6.45) is 0.297. The number of esters is 1. The molecular formula is C13H13BrFNO2. The normalized spacial score (nSPS) is 10.9.